The summed E-state index contributed by atoms with van der Waals surface area (Å²) in [6, 6.07) is 5.94. The van der Waals surface area contributed by atoms with Crippen LogP contribution in [0.1, 0.15) is 23.7 Å². The lowest BCUT2D eigenvalue weighted by Crippen LogP contribution is -1.93. The number of halogens is 1. The number of fused-ring (bicyclic) bond motifs is 1. The topological polar surface area (TPSA) is 17.3 Å². The Balaban J connectivity index is 2.78. The molecule has 0 amide bonds. The average Bonchev–Trinajstić information content (AvgIpc) is 2.39. The fourth-order valence-electron chi connectivity index (χ4n) is 1.61. The van der Waals surface area contributed by atoms with E-state index in [4.69, 9.17) is 11.6 Å². The van der Waals surface area contributed by atoms with Crippen LogP contribution in [-0.2, 0) is 0 Å². The number of pyridine rings is 1. The molecule has 0 aliphatic heterocycles. The first-order valence-corrected chi connectivity index (χ1v) is 4.71. The van der Waals surface area contributed by atoms with E-state index in [2.05, 4.69) is 4.98 Å². The van der Waals surface area contributed by atoms with Crippen LogP contribution in [0.5, 0.6) is 0 Å². The Morgan fingerprint density at radius 2 is 2.23 bits per heavy atom. The normalized spacial score (nSPS) is 13.5. The van der Waals surface area contributed by atoms with Crippen LogP contribution in [-0.4, -0.2) is 9.38 Å². The molecular formula is C10H11ClN2. The zero-order chi connectivity index (χ0) is 9.42. The quantitative estimate of drug-likeness (QED) is 0.638. The van der Waals surface area contributed by atoms with Crippen LogP contribution in [0.4, 0.5) is 0 Å². The number of hydrogen-bond donors (Lipinski definition) is 0. The maximum atomic E-state index is 6.07. The second-order valence-electron chi connectivity index (χ2n) is 3.13. The molecule has 68 valence electrons. The number of nitrogens with zero attached hydrogens (tertiary/aromatic N) is 2. The smallest absolute Gasteiger partial charge is 0.137 e. The molecule has 3 heteroatoms. The lowest BCUT2D eigenvalue weighted by atomic mass is 10.3. The molecule has 1 atom stereocenters. The molecule has 0 N–H and O–H groups in total. The fraction of sp³-hybridized carbons (Fsp3) is 0.300. The van der Waals surface area contributed by atoms with Gasteiger partial charge in [0.05, 0.1) is 16.8 Å². The van der Waals surface area contributed by atoms with E-state index in [1.54, 1.807) is 0 Å². The lowest BCUT2D eigenvalue weighted by Gasteiger charge is -2.03. The predicted molar refractivity (Wildman–Crippen MR) is 54.2 cm³/mol. The highest BCUT2D eigenvalue weighted by Gasteiger charge is 2.11. The second-order valence-corrected chi connectivity index (χ2v) is 3.78. The molecule has 2 nitrogen and oxygen atoms in total. The summed E-state index contributed by atoms with van der Waals surface area (Å²) in [6.07, 6.45) is 1.99. The van der Waals surface area contributed by atoms with Crippen molar-refractivity contribution in [3.8, 4) is 0 Å². The van der Waals surface area contributed by atoms with Crippen molar-refractivity contribution < 1.29 is 0 Å². The fourth-order valence-corrected chi connectivity index (χ4v) is 1.87. The zero-order valence-electron chi connectivity index (χ0n) is 7.66. The molecule has 2 aromatic heterocycles. The summed E-state index contributed by atoms with van der Waals surface area (Å²) in [5.74, 6) is 0. The van der Waals surface area contributed by atoms with Gasteiger partial charge in [-0.2, -0.15) is 0 Å². The molecule has 0 saturated heterocycles. The van der Waals surface area contributed by atoms with Gasteiger partial charge in [0.1, 0.15) is 5.65 Å². The molecule has 1 unspecified atom stereocenters. The van der Waals surface area contributed by atoms with Gasteiger partial charge >= 0.3 is 0 Å². The highest BCUT2D eigenvalue weighted by molar-refractivity contribution is 6.20. The first-order valence-electron chi connectivity index (χ1n) is 4.28. The van der Waals surface area contributed by atoms with E-state index in [0.29, 0.717) is 0 Å². The van der Waals surface area contributed by atoms with E-state index >= 15 is 0 Å². The monoisotopic (exact) mass is 194 g/mol. The number of rotatable bonds is 1. The minimum absolute atomic E-state index is 0.00241. The van der Waals surface area contributed by atoms with Crippen LogP contribution >= 0.6 is 11.6 Å². The Labute approximate surface area is 82.2 Å². The largest absolute Gasteiger partial charge is 0.302 e. The first-order chi connectivity index (χ1) is 6.20. The Hall–Kier alpha value is -1.02. The van der Waals surface area contributed by atoms with Crippen molar-refractivity contribution in [2.75, 3.05) is 0 Å². The predicted octanol–water partition coefficient (Wildman–Crippen LogP) is 2.94. The Bertz CT molecular complexity index is 431. The van der Waals surface area contributed by atoms with Crippen molar-refractivity contribution in [1.29, 1.82) is 0 Å². The average molecular weight is 195 g/mol. The molecule has 13 heavy (non-hydrogen) atoms. The van der Waals surface area contributed by atoms with E-state index in [9.17, 15) is 0 Å². The van der Waals surface area contributed by atoms with E-state index in [-0.39, 0.29) is 5.38 Å². The summed E-state index contributed by atoms with van der Waals surface area (Å²) in [4.78, 5) is 4.41. The van der Waals surface area contributed by atoms with Gasteiger partial charge in [0, 0.05) is 6.20 Å². The Morgan fingerprint density at radius 1 is 1.46 bits per heavy atom. The molecule has 2 rings (SSSR count). The Kier molecular flexibility index (Phi) is 2.00. The minimum atomic E-state index is -0.00241. The molecule has 0 aromatic carbocycles. The van der Waals surface area contributed by atoms with Crippen molar-refractivity contribution in [3.63, 3.8) is 0 Å². The third kappa shape index (κ3) is 1.31. The SMILES string of the molecule is Cc1nc2ccccn2c1C(C)Cl. The highest BCUT2D eigenvalue weighted by atomic mass is 35.5. The number of aryl methyl sites for hydroxylation is 1. The van der Waals surface area contributed by atoms with Gasteiger partial charge < -0.3 is 4.40 Å². The van der Waals surface area contributed by atoms with E-state index in [1.807, 2.05) is 42.6 Å². The van der Waals surface area contributed by atoms with Crippen molar-refractivity contribution >= 4 is 17.2 Å². The van der Waals surface area contributed by atoms with Crippen molar-refractivity contribution in [3.05, 3.63) is 35.8 Å². The molecular weight excluding hydrogens is 184 g/mol. The van der Waals surface area contributed by atoms with E-state index in [0.717, 1.165) is 17.0 Å². The van der Waals surface area contributed by atoms with Crippen molar-refractivity contribution in [1.82, 2.24) is 9.38 Å². The summed E-state index contributed by atoms with van der Waals surface area (Å²) in [5, 5.41) is -0.00241. The molecule has 2 heterocycles. The summed E-state index contributed by atoms with van der Waals surface area (Å²) in [6.45, 7) is 3.95. The van der Waals surface area contributed by atoms with Crippen molar-refractivity contribution in [2.45, 2.75) is 19.2 Å². The minimum Gasteiger partial charge on any atom is -0.302 e. The van der Waals surface area contributed by atoms with Crippen LogP contribution in [0.15, 0.2) is 24.4 Å². The molecule has 0 radical (unpaired) electrons. The van der Waals surface area contributed by atoms with Gasteiger partial charge in [0.15, 0.2) is 0 Å². The number of aromatic nitrogens is 2. The van der Waals surface area contributed by atoms with Crippen LogP contribution in [0, 0.1) is 6.92 Å². The van der Waals surface area contributed by atoms with Crippen LogP contribution in [0.25, 0.3) is 5.65 Å². The van der Waals surface area contributed by atoms with Gasteiger partial charge in [0.25, 0.3) is 0 Å². The van der Waals surface area contributed by atoms with Gasteiger partial charge in [0.2, 0.25) is 0 Å². The maximum absolute atomic E-state index is 6.07. The van der Waals surface area contributed by atoms with E-state index in [1.165, 1.54) is 0 Å². The molecule has 2 aromatic rings. The molecule has 0 fully saturated rings. The Morgan fingerprint density at radius 3 is 2.92 bits per heavy atom. The van der Waals surface area contributed by atoms with Gasteiger partial charge in [-0.1, -0.05) is 6.07 Å². The molecule has 0 spiro atoms. The van der Waals surface area contributed by atoms with Crippen LogP contribution < -0.4 is 0 Å². The molecule has 0 aliphatic carbocycles. The highest BCUT2D eigenvalue weighted by Crippen LogP contribution is 2.23. The number of hydrogen-bond acceptors (Lipinski definition) is 1. The van der Waals surface area contributed by atoms with Gasteiger partial charge in [-0.25, -0.2) is 4.98 Å². The summed E-state index contributed by atoms with van der Waals surface area (Å²) in [7, 11) is 0. The second kappa shape index (κ2) is 3.04. The standard InChI is InChI=1S/C10H11ClN2/c1-7(11)10-8(2)12-9-5-3-4-6-13(9)10/h3-7H,1-2H3. The summed E-state index contributed by atoms with van der Waals surface area (Å²) >= 11 is 6.07. The van der Waals surface area contributed by atoms with Gasteiger partial charge in [-0.05, 0) is 26.0 Å². The summed E-state index contributed by atoms with van der Waals surface area (Å²) < 4.78 is 2.03. The zero-order valence-corrected chi connectivity index (χ0v) is 8.42. The van der Waals surface area contributed by atoms with Gasteiger partial charge in [-0.15, -0.1) is 11.6 Å². The first kappa shape index (κ1) is 8.57. The van der Waals surface area contributed by atoms with Crippen molar-refractivity contribution in [2.24, 2.45) is 0 Å². The third-order valence-electron chi connectivity index (χ3n) is 2.13. The maximum Gasteiger partial charge on any atom is 0.137 e. The lowest BCUT2D eigenvalue weighted by molar-refractivity contribution is 0.946. The molecule has 0 bridgehead atoms. The number of imidazole rings is 1. The third-order valence-corrected chi connectivity index (χ3v) is 2.33. The summed E-state index contributed by atoms with van der Waals surface area (Å²) in [5.41, 5.74) is 3.05. The van der Waals surface area contributed by atoms with E-state index < -0.39 is 0 Å². The number of alkyl halides is 1. The molecule has 0 saturated carbocycles. The van der Waals surface area contributed by atoms with Crippen LogP contribution in [0.3, 0.4) is 0 Å². The molecule has 0 aliphatic rings. The van der Waals surface area contributed by atoms with Gasteiger partial charge in [-0.3, -0.25) is 0 Å². The van der Waals surface area contributed by atoms with Crippen LogP contribution in [0.2, 0.25) is 0 Å².